The van der Waals surface area contributed by atoms with Crippen LogP contribution in [0.5, 0.6) is 5.75 Å². The summed E-state index contributed by atoms with van der Waals surface area (Å²) < 4.78 is 5.89. The van der Waals surface area contributed by atoms with Crippen LogP contribution in [0.4, 0.5) is 5.69 Å². The molecule has 1 aliphatic rings. The predicted molar refractivity (Wildman–Crippen MR) is 135 cm³/mol. The summed E-state index contributed by atoms with van der Waals surface area (Å²) in [7, 11) is 0. The average molecular weight is 442 g/mol. The molecular formula is C27H24ClN3O. The van der Waals surface area contributed by atoms with E-state index in [9.17, 15) is 0 Å². The Bertz CT molecular complexity index is 1270. The second kappa shape index (κ2) is 9.16. The Morgan fingerprint density at radius 3 is 2.22 bits per heavy atom. The fourth-order valence-electron chi connectivity index (χ4n) is 4.06. The Kier molecular flexibility index (Phi) is 6.15. The molecule has 0 atom stereocenters. The molecule has 4 nitrogen and oxygen atoms in total. The molecule has 4 aromatic carbocycles. The van der Waals surface area contributed by atoms with Crippen molar-refractivity contribution in [3.8, 4) is 5.75 Å². The fourth-order valence-corrected chi connectivity index (χ4v) is 4.06. The van der Waals surface area contributed by atoms with Crippen LogP contribution in [0.3, 0.4) is 0 Å². The molecule has 0 aliphatic heterocycles. The smallest absolute Gasteiger partial charge is 0.193 e. The lowest BCUT2D eigenvalue weighted by Gasteiger charge is -2.25. The largest absolute Gasteiger partial charge is 0.489 e. The number of anilines is 1. The van der Waals surface area contributed by atoms with Crippen molar-refractivity contribution in [2.24, 2.45) is 5.73 Å². The minimum Gasteiger partial charge on any atom is -0.489 e. The molecule has 0 heterocycles. The molecule has 0 saturated carbocycles. The second-order valence-electron chi connectivity index (χ2n) is 7.67. The van der Waals surface area contributed by atoms with Crippen molar-refractivity contribution in [3.63, 3.8) is 0 Å². The number of halogens is 1. The lowest BCUT2D eigenvalue weighted by Crippen LogP contribution is -2.36. The van der Waals surface area contributed by atoms with Crippen LogP contribution >= 0.6 is 12.4 Å². The molecule has 5 heteroatoms. The van der Waals surface area contributed by atoms with Gasteiger partial charge in [-0.25, -0.2) is 0 Å². The van der Waals surface area contributed by atoms with E-state index in [1.165, 1.54) is 16.5 Å². The number of rotatable bonds is 6. The molecule has 5 rings (SSSR count). The number of benzene rings is 4. The first kappa shape index (κ1) is 21.5. The van der Waals surface area contributed by atoms with Crippen molar-refractivity contribution in [1.82, 2.24) is 0 Å². The summed E-state index contributed by atoms with van der Waals surface area (Å²) in [5.41, 5.74) is 11.6. The van der Waals surface area contributed by atoms with Gasteiger partial charge in [0.15, 0.2) is 5.96 Å². The maximum atomic E-state index is 8.20. The van der Waals surface area contributed by atoms with E-state index in [4.69, 9.17) is 15.9 Å². The van der Waals surface area contributed by atoms with Gasteiger partial charge < -0.3 is 15.4 Å². The molecule has 160 valence electrons. The Labute approximate surface area is 193 Å². The lowest BCUT2D eigenvalue weighted by atomic mass is 10.0. The third-order valence-corrected chi connectivity index (χ3v) is 5.62. The zero-order valence-electron chi connectivity index (χ0n) is 17.5. The van der Waals surface area contributed by atoms with Gasteiger partial charge >= 0.3 is 0 Å². The Balaban J connectivity index is 0.00000245. The summed E-state index contributed by atoms with van der Waals surface area (Å²) in [5.74, 6) is 0.842. The molecule has 0 saturated heterocycles. The molecule has 1 aliphatic carbocycles. The predicted octanol–water partition coefficient (Wildman–Crippen LogP) is 6.22. The summed E-state index contributed by atoms with van der Waals surface area (Å²) in [6, 6.07) is 28.5. The van der Waals surface area contributed by atoms with Crippen molar-refractivity contribution >= 4 is 47.0 Å². The summed E-state index contributed by atoms with van der Waals surface area (Å²) in [4.78, 5) is 1.85. The molecule has 32 heavy (non-hydrogen) atoms. The number of nitrogens with one attached hydrogen (secondary N) is 1. The number of nitrogens with zero attached hydrogens (tertiary/aromatic N) is 1. The van der Waals surface area contributed by atoms with Crippen LogP contribution in [0.25, 0.3) is 22.9 Å². The molecule has 0 amide bonds. The van der Waals surface area contributed by atoms with E-state index < -0.39 is 0 Å². The zero-order chi connectivity index (χ0) is 21.2. The first-order valence-corrected chi connectivity index (χ1v) is 10.3. The van der Waals surface area contributed by atoms with Crippen molar-refractivity contribution in [2.75, 3.05) is 4.90 Å². The number of nitrogens with two attached hydrogens (primary N) is 1. The third kappa shape index (κ3) is 4.18. The molecule has 3 N–H and O–H groups in total. The SMILES string of the molecule is Cl.N=C(N)N(Cc1ccc(OCc2ccccc2)cc1)c1ccc2c3c(cccc13)C=C2. The summed E-state index contributed by atoms with van der Waals surface area (Å²) >= 11 is 0. The third-order valence-electron chi connectivity index (χ3n) is 5.62. The fraction of sp³-hybridized carbons (Fsp3) is 0.0741. The number of guanidine groups is 1. The van der Waals surface area contributed by atoms with Gasteiger partial charge in [0, 0.05) is 5.39 Å². The van der Waals surface area contributed by atoms with Crippen molar-refractivity contribution in [1.29, 1.82) is 5.41 Å². The van der Waals surface area contributed by atoms with E-state index in [2.05, 4.69) is 42.5 Å². The van der Waals surface area contributed by atoms with Gasteiger partial charge in [0.2, 0.25) is 0 Å². The van der Waals surface area contributed by atoms with Gasteiger partial charge in [-0.15, -0.1) is 12.4 Å². The molecule has 0 aromatic heterocycles. The summed E-state index contributed by atoms with van der Waals surface area (Å²) in [6.45, 7) is 1.05. The van der Waals surface area contributed by atoms with Gasteiger partial charge in [-0.2, -0.15) is 0 Å². The van der Waals surface area contributed by atoms with Crippen LogP contribution in [0, 0.1) is 5.41 Å². The topological polar surface area (TPSA) is 62.3 Å². The van der Waals surface area contributed by atoms with Crippen molar-refractivity contribution in [3.05, 3.63) is 107 Å². The molecule has 4 aromatic rings. The highest BCUT2D eigenvalue weighted by atomic mass is 35.5. The average Bonchev–Trinajstić information content (AvgIpc) is 3.23. The van der Waals surface area contributed by atoms with Gasteiger partial charge in [0.25, 0.3) is 0 Å². The summed E-state index contributed by atoms with van der Waals surface area (Å²) in [6.07, 6.45) is 4.27. The van der Waals surface area contributed by atoms with Gasteiger partial charge in [0.1, 0.15) is 12.4 Å². The number of hydrogen-bond acceptors (Lipinski definition) is 2. The van der Waals surface area contributed by atoms with Crippen LogP contribution in [0.15, 0.2) is 84.9 Å². The maximum Gasteiger partial charge on any atom is 0.193 e. The first-order valence-electron chi connectivity index (χ1n) is 10.3. The van der Waals surface area contributed by atoms with Crippen LogP contribution in [-0.2, 0) is 13.2 Å². The lowest BCUT2D eigenvalue weighted by molar-refractivity contribution is 0.306. The summed E-state index contributed by atoms with van der Waals surface area (Å²) in [5, 5.41) is 10.5. The highest BCUT2D eigenvalue weighted by molar-refractivity contribution is 6.12. The highest BCUT2D eigenvalue weighted by Crippen LogP contribution is 2.37. The normalized spacial score (nSPS) is 11.2. The van der Waals surface area contributed by atoms with Gasteiger partial charge in [-0.05, 0) is 45.8 Å². The monoisotopic (exact) mass is 441 g/mol. The van der Waals surface area contributed by atoms with Crippen molar-refractivity contribution in [2.45, 2.75) is 13.2 Å². The quantitative estimate of drug-likeness (QED) is 0.242. The Hall–Kier alpha value is -3.76. The van der Waals surface area contributed by atoms with E-state index in [1.807, 2.05) is 59.5 Å². The zero-order valence-corrected chi connectivity index (χ0v) is 18.3. The minimum absolute atomic E-state index is 0. The molecule has 0 fully saturated rings. The molecule has 0 spiro atoms. The van der Waals surface area contributed by atoms with Crippen LogP contribution in [0.2, 0.25) is 0 Å². The van der Waals surface area contributed by atoms with Crippen molar-refractivity contribution < 1.29 is 4.74 Å². The van der Waals surface area contributed by atoms with E-state index in [0.29, 0.717) is 13.2 Å². The maximum absolute atomic E-state index is 8.20. The molecule has 0 bridgehead atoms. The molecular weight excluding hydrogens is 418 g/mol. The van der Waals surface area contributed by atoms with E-state index in [1.54, 1.807) is 0 Å². The van der Waals surface area contributed by atoms with Crippen LogP contribution in [-0.4, -0.2) is 5.96 Å². The first-order chi connectivity index (χ1) is 15.2. The van der Waals surface area contributed by atoms with E-state index in [-0.39, 0.29) is 18.4 Å². The minimum atomic E-state index is 0. The van der Waals surface area contributed by atoms with Crippen LogP contribution in [0.1, 0.15) is 22.3 Å². The van der Waals surface area contributed by atoms with Crippen LogP contribution < -0.4 is 15.4 Å². The van der Waals surface area contributed by atoms with E-state index in [0.717, 1.165) is 28.0 Å². The number of ether oxygens (including phenoxy) is 1. The van der Waals surface area contributed by atoms with Gasteiger partial charge in [-0.3, -0.25) is 5.41 Å². The van der Waals surface area contributed by atoms with Gasteiger partial charge in [0.05, 0.1) is 12.2 Å². The Morgan fingerprint density at radius 2 is 1.50 bits per heavy atom. The molecule has 0 radical (unpaired) electrons. The molecule has 0 unspecified atom stereocenters. The van der Waals surface area contributed by atoms with Gasteiger partial charge in [-0.1, -0.05) is 78.9 Å². The van der Waals surface area contributed by atoms with E-state index >= 15 is 0 Å². The number of hydrogen-bond donors (Lipinski definition) is 2. The second-order valence-corrected chi connectivity index (χ2v) is 7.67. The Morgan fingerprint density at radius 1 is 0.781 bits per heavy atom. The highest BCUT2D eigenvalue weighted by Gasteiger charge is 2.17. The standard InChI is InChI=1S/C27H23N3O.ClH/c28-27(29)30(25-16-13-22-12-11-21-7-4-8-24(25)26(21)22)17-19-9-14-23(15-10-19)31-18-20-5-2-1-3-6-20;/h1-16H,17-18H2,(H3,28,29);1H.